The molecule has 4 rings (SSSR count). The Hall–Kier alpha value is -2.69. The molecule has 0 saturated heterocycles. The predicted octanol–water partition coefficient (Wildman–Crippen LogP) is 2.70. The third kappa shape index (κ3) is 3.85. The Labute approximate surface area is 177 Å². The SMILES string of the molecule is CCCn1c(SCc2cc(=O)n3c(C)cccc3n2)nc2cc(S(N)(=O)=O)ccc21. The number of nitrogens with two attached hydrogens (primary N) is 1. The van der Waals surface area contributed by atoms with Gasteiger partial charge in [0.15, 0.2) is 5.16 Å². The number of thioether (sulfide) groups is 1. The van der Waals surface area contributed by atoms with Crippen molar-refractivity contribution in [2.45, 2.75) is 42.6 Å². The fourth-order valence-corrected chi connectivity index (χ4v) is 4.86. The molecule has 156 valence electrons. The zero-order valence-corrected chi connectivity index (χ0v) is 18.2. The molecule has 10 heteroatoms. The fourth-order valence-electron chi connectivity index (χ4n) is 3.39. The number of aromatic nitrogens is 4. The van der Waals surface area contributed by atoms with Gasteiger partial charge in [-0.1, -0.05) is 24.8 Å². The maximum Gasteiger partial charge on any atom is 0.258 e. The Balaban J connectivity index is 1.70. The molecule has 0 aliphatic carbocycles. The molecule has 4 aromatic rings. The van der Waals surface area contributed by atoms with Crippen LogP contribution >= 0.6 is 11.8 Å². The Kier molecular flexibility index (Phi) is 5.39. The van der Waals surface area contributed by atoms with Crippen molar-refractivity contribution in [2.24, 2.45) is 5.14 Å². The van der Waals surface area contributed by atoms with E-state index in [9.17, 15) is 13.2 Å². The van der Waals surface area contributed by atoms with E-state index in [2.05, 4.69) is 16.9 Å². The second-order valence-corrected chi connectivity index (χ2v) is 9.48. The zero-order chi connectivity index (χ0) is 21.5. The lowest BCUT2D eigenvalue weighted by atomic mass is 10.3. The first-order chi connectivity index (χ1) is 14.3. The molecule has 2 N–H and O–H groups in total. The molecule has 1 aromatic carbocycles. The van der Waals surface area contributed by atoms with Gasteiger partial charge in [0.1, 0.15) is 5.65 Å². The summed E-state index contributed by atoms with van der Waals surface area (Å²) < 4.78 is 27.0. The second kappa shape index (κ2) is 7.86. The average molecular weight is 444 g/mol. The summed E-state index contributed by atoms with van der Waals surface area (Å²) in [6, 6.07) is 11.8. The van der Waals surface area contributed by atoms with Crippen molar-refractivity contribution in [3.63, 3.8) is 0 Å². The molecule has 0 aliphatic rings. The van der Waals surface area contributed by atoms with E-state index >= 15 is 0 Å². The van der Waals surface area contributed by atoms with Crippen molar-refractivity contribution in [2.75, 3.05) is 0 Å². The first kappa shape index (κ1) is 20.6. The number of nitrogens with zero attached hydrogens (tertiary/aromatic N) is 4. The Bertz CT molecular complexity index is 1420. The van der Waals surface area contributed by atoms with E-state index in [-0.39, 0.29) is 10.5 Å². The van der Waals surface area contributed by atoms with E-state index in [0.29, 0.717) is 22.6 Å². The first-order valence-electron chi connectivity index (χ1n) is 9.42. The summed E-state index contributed by atoms with van der Waals surface area (Å²) in [6.45, 7) is 4.67. The minimum atomic E-state index is -3.80. The summed E-state index contributed by atoms with van der Waals surface area (Å²) in [4.78, 5) is 21.7. The van der Waals surface area contributed by atoms with Crippen LogP contribution in [0.25, 0.3) is 16.7 Å². The maximum atomic E-state index is 12.5. The van der Waals surface area contributed by atoms with Crippen LogP contribution in [-0.2, 0) is 22.3 Å². The molecule has 3 heterocycles. The Morgan fingerprint density at radius 1 is 1.13 bits per heavy atom. The van der Waals surface area contributed by atoms with Gasteiger partial charge < -0.3 is 4.57 Å². The zero-order valence-electron chi connectivity index (χ0n) is 16.6. The highest BCUT2D eigenvalue weighted by molar-refractivity contribution is 7.98. The van der Waals surface area contributed by atoms with Gasteiger partial charge in [-0.15, -0.1) is 0 Å². The Morgan fingerprint density at radius 3 is 2.67 bits per heavy atom. The van der Waals surface area contributed by atoms with Crippen LogP contribution in [0, 0.1) is 6.92 Å². The van der Waals surface area contributed by atoms with Gasteiger partial charge >= 0.3 is 0 Å². The molecule has 0 atom stereocenters. The molecule has 30 heavy (non-hydrogen) atoms. The fraction of sp³-hybridized carbons (Fsp3) is 0.250. The highest BCUT2D eigenvalue weighted by atomic mass is 32.2. The summed E-state index contributed by atoms with van der Waals surface area (Å²) in [5.41, 5.74) is 3.40. The molecule has 0 fully saturated rings. The molecule has 3 aromatic heterocycles. The van der Waals surface area contributed by atoms with Crippen molar-refractivity contribution < 1.29 is 8.42 Å². The summed E-state index contributed by atoms with van der Waals surface area (Å²) in [7, 11) is -3.80. The molecule has 0 radical (unpaired) electrons. The Morgan fingerprint density at radius 2 is 1.93 bits per heavy atom. The summed E-state index contributed by atoms with van der Waals surface area (Å²) >= 11 is 1.46. The quantitative estimate of drug-likeness (QED) is 0.459. The number of hydrogen-bond acceptors (Lipinski definition) is 6. The van der Waals surface area contributed by atoms with Gasteiger partial charge in [0.25, 0.3) is 5.56 Å². The number of benzene rings is 1. The lowest BCUT2D eigenvalue weighted by molar-refractivity contribution is 0.598. The highest BCUT2D eigenvalue weighted by Gasteiger charge is 2.15. The van der Waals surface area contributed by atoms with E-state index < -0.39 is 10.0 Å². The number of fused-ring (bicyclic) bond motifs is 2. The lowest BCUT2D eigenvalue weighted by Gasteiger charge is -2.08. The largest absolute Gasteiger partial charge is 0.319 e. The summed E-state index contributed by atoms with van der Waals surface area (Å²) in [5, 5.41) is 5.99. The lowest BCUT2D eigenvalue weighted by Crippen LogP contribution is -2.17. The van der Waals surface area contributed by atoms with Gasteiger partial charge in [-0.25, -0.2) is 23.5 Å². The molecule has 0 amide bonds. The smallest absolute Gasteiger partial charge is 0.258 e. The maximum absolute atomic E-state index is 12.5. The van der Waals surface area contributed by atoms with E-state index in [1.807, 2.05) is 29.7 Å². The minimum Gasteiger partial charge on any atom is -0.319 e. The number of imidazole rings is 1. The molecule has 0 unspecified atom stereocenters. The number of pyridine rings is 1. The van der Waals surface area contributed by atoms with Crippen LogP contribution in [0.1, 0.15) is 24.7 Å². The third-order valence-electron chi connectivity index (χ3n) is 4.74. The monoisotopic (exact) mass is 443 g/mol. The number of aryl methyl sites for hydroxylation is 2. The minimum absolute atomic E-state index is 0.0345. The van der Waals surface area contributed by atoms with Crippen LogP contribution in [0.2, 0.25) is 0 Å². The molecule has 8 nitrogen and oxygen atoms in total. The highest BCUT2D eigenvalue weighted by Crippen LogP contribution is 2.28. The van der Waals surface area contributed by atoms with Crippen LogP contribution in [0.5, 0.6) is 0 Å². The van der Waals surface area contributed by atoms with E-state index in [4.69, 9.17) is 5.14 Å². The number of hydrogen-bond donors (Lipinski definition) is 1. The normalized spacial score (nSPS) is 12.1. The van der Waals surface area contributed by atoms with Gasteiger partial charge in [-0.2, -0.15) is 0 Å². The average Bonchev–Trinajstić information content (AvgIpc) is 3.03. The van der Waals surface area contributed by atoms with Gasteiger partial charge in [0, 0.05) is 24.1 Å². The van der Waals surface area contributed by atoms with Gasteiger partial charge in [-0.05, 0) is 43.7 Å². The van der Waals surface area contributed by atoms with Crippen LogP contribution < -0.4 is 10.7 Å². The van der Waals surface area contributed by atoms with Crippen LogP contribution in [-0.4, -0.2) is 27.4 Å². The standard InChI is InChI=1S/C20H21N5O3S2/c1-3-9-24-17-8-7-15(30(21,27)28)11-16(17)23-20(24)29-12-14-10-19(26)25-13(2)5-4-6-18(25)22-14/h4-8,10-11H,3,9,12H2,1-2H3,(H2,21,27,28). The van der Waals surface area contributed by atoms with Crippen molar-refractivity contribution in [3.8, 4) is 0 Å². The summed E-state index contributed by atoms with van der Waals surface area (Å²) in [6.07, 6.45) is 0.894. The van der Waals surface area contributed by atoms with Gasteiger partial charge in [0.2, 0.25) is 10.0 Å². The van der Waals surface area contributed by atoms with E-state index in [1.54, 1.807) is 16.5 Å². The molecular formula is C20H21N5O3S2. The third-order valence-corrected chi connectivity index (χ3v) is 6.66. The topological polar surface area (TPSA) is 112 Å². The number of rotatable bonds is 6. The van der Waals surface area contributed by atoms with Crippen molar-refractivity contribution in [1.82, 2.24) is 18.9 Å². The molecule has 0 aliphatic heterocycles. The van der Waals surface area contributed by atoms with Crippen molar-refractivity contribution >= 4 is 38.5 Å². The van der Waals surface area contributed by atoms with Crippen LogP contribution in [0.3, 0.4) is 0 Å². The van der Waals surface area contributed by atoms with Gasteiger partial charge in [0.05, 0.1) is 21.6 Å². The molecule has 0 spiro atoms. The molecule has 0 saturated carbocycles. The number of sulfonamides is 1. The predicted molar refractivity (Wildman–Crippen MR) is 117 cm³/mol. The van der Waals surface area contributed by atoms with Crippen molar-refractivity contribution in [3.05, 3.63) is 64.2 Å². The van der Waals surface area contributed by atoms with E-state index in [1.165, 1.54) is 23.9 Å². The van der Waals surface area contributed by atoms with Crippen molar-refractivity contribution in [1.29, 1.82) is 0 Å². The van der Waals surface area contributed by atoms with Crippen LogP contribution in [0.15, 0.2) is 57.3 Å². The summed E-state index contributed by atoms with van der Waals surface area (Å²) in [5.74, 6) is 0.467. The van der Waals surface area contributed by atoms with E-state index in [0.717, 1.165) is 29.3 Å². The van der Waals surface area contributed by atoms with Crippen LogP contribution in [0.4, 0.5) is 0 Å². The number of primary sulfonamides is 1. The molecular weight excluding hydrogens is 422 g/mol. The second-order valence-electron chi connectivity index (χ2n) is 6.98. The van der Waals surface area contributed by atoms with Gasteiger partial charge in [-0.3, -0.25) is 9.20 Å². The first-order valence-corrected chi connectivity index (χ1v) is 12.0. The molecule has 0 bridgehead atoms.